The number of ether oxygens (including phenoxy) is 1. The van der Waals surface area contributed by atoms with Crippen LogP contribution in [0.1, 0.15) is 132 Å². The SMILES string of the molecule is CC1CC1C1CCC2(C(=O)NCCNOC(=O)C(C)(CO)CO)CC[C@]3(C)[C@H](CC[C@H]4C3(C)CC[C@H]3C(C)(C)C(OC(=O)[C@H]5C[C@@H](C(=O)O)[C@H]5C)CC[C@@]34C)[C@@H]12. The number of hydrogen-bond acceptors (Lipinski definition) is 9. The van der Waals surface area contributed by atoms with Crippen molar-refractivity contribution < 1.29 is 44.1 Å². The molecule has 0 radical (unpaired) electrons. The van der Waals surface area contributed by atoms with Crippen LogP contribution < -0.4 is 10.8 Å². The third-order valence-corrected chi connectivity index (χ3v) is 19.1. The second-order valence-corrected chi connectivity index (χ2v) is 21.8. The number of aliphatic hydroxyl groups is 2. The fourth-order valence-corrected chi connectivity index (χ4v) is 15.1. The second-order valence-electron chi connectivity index (χ2n) is 21.8. The molecule has 7 aliphatic carbocycles. The lowest BCUT2D eigenvalue weighted by Crippen LogP contribution is -2.67. The Balaban J connectivity index is 1.06. The summed E-state index contributed by atoms with van der Waals surface area (Å²) in [7, 11) is 0. The number of aliphatic hydroxyl groups excluding tert-OH is 2. The molecule has 6 unspecified atom stereocenters. The van der Waals surface area contributed by atoms with Gasteiger partial charge in [-0.2, -0.15) is 5.48 Å². The molecule has 0 aromatic rings. The van der Waals surface area contributed by atoms with E-state index in [2.05, 4.69) is 52.3 Å². The van der Waals surface area contributed by atoms with Crippen molar-refractivity contribution in [3.05, 3.63) is 0 Å². The first-order valence-electron chi connectivity index (χ1n) is 22.1. The van der Waals surface area contributed by atoms with Gasteiger partial charge in [0.25, 0.3) is 0 Å². The van der Waals surface area contributed by atoms with Gasteiger partial charge in [-0.05, 0) is 148 Å². The zero-order valence-electron chi connectivity index (χ0n) is 35.5. The maximum absolute atomic E-state index is 14.5. The highest BCUT2D eigenvalue weighted by Gasteiger charge is 2.73. The minimum atomic E-state index is -1.39. The summed E-state index contributed by atoms with van der Waals surface area (Å²) in [4.78, 5) is 57.0. The molecule has 56 heavy (non-hydrogen) atoms. The highest BCUT2D eigenvalue weighted by Crippen LogP contribution is 2.78. The molecule has 0 aromatic heterocycles. The molecule has 0 aromatic carbocycles. The molecule has 15 atom stereocenters. The molecule has 7 fully saturated rings. The number of carbonyl (C=O) groups excluding carboxylic acids is 3. The number of amides is 1. The number of carboxylic acids is 1. The molecule has 0 bridgehead atoms. The first-order valence-corrected chi connectivity index (χ1v) is 22.1. The monoisotopic (exact) mass is 785 g/mol. The van der Waals surface area contributed by atoms with Gasteiger partial charge in [0, 0.05) is 18.5 Å². The van der Waals surface area contributed by atoms with E-state index in [9.17, 15) is 34.5 Å². The quantitative estimate of drug-likeness (QED) is 0.0879. The summed E-state index contributed by atoms with van der Waals surface area (Å²) >= 11 is 0. The van der Waals surface area contributed by atoms with E-state index in [0.717, 1.165) is 64.2 Å². The standard InChI is InChI=1S/C45H72N2O9/c1-25-21-28(25)27-11-16-45(38(53)46-19-20-47-56-39(54)41(5,23-48)24-49)18-17-43(7)31(35(27)45)9-10-33-42(6)14-13-34(40(3,4)32(42)12-15-44(33,43)8)55-37(52)30-22-29(26(30)2)36(50)51/h25-35,47-49H,9-24H2,1-8H3,(H,46,53)(H,50,51)/t25?,26-,27?,28?,29-,30+,31-,32+,33-,34?,35-,42+,43-,44?,45?/m1/s1. The maximum Gasteiger partial charge on any atom is 0.335 e. The van der Waals surface area contributed by atoms with Crippen LogP contribution in [0.5, 0.6) is 0 Å². The molecule has 7 rings (SSSR count). The number of hydrogen-bond donors (Lipinski definition) is 5. The lowest BCUT2D eigenvalue weighted by molar-refractivity contribution is -0.251. The third-order valence-electron chi connectivity index (χ3n) is 19.1. The number of hydroxylamine groups is 1. The smallest absolute Gasteiger partial charge is 0.335 e. The van der Waals surface area contributed by atoms with Crippen LogP contribution >= 0.6 is 0 Å². The van der Waals surface area contributed by atoms with E-state index in [4.69, 9.17) is 9.57 Å². The molecule has 7 aliphatic rings. The number of aliphatic carboxylic acids is 1. The Morgan fingerprint density at radius 3 is 2.09 bits per heavy atom. The van der Waals surface area contributed by atoms with Crippen molar-refractivity contribution in [1.82, 2.24) is 10.8 Å². The van der Waals surface area contributed by atoms with Gasteiger partial charge >= 0.3 is 17.9 Å². The van der Waals surface area contributed by atoms with E-state index in [1.165, 1.54) is 13.3 Å². The van der Waals surface area contributed by atoms with Crippen LogP contribution in [-0.2, 0) is 28.8 Å². The van der Waals surface area contributed by atoms with Crippen molar-refractivity contribution in [2.75, 3.05) is 26.3 Å². The first kappa shape index (κ1) is 41.9. The largest absolute Gasteiger partial charge is 0.481 e. The molecule has 0 saturated heterocycles. The second kappa shape index (κ2) is 14.5. The number of carboxylic acid groups (broad SMARTS) is 1. The molecule has 0 spiro atoms. The van der Waals surface area contributed by atoms with Crippen LogP contribution in [0.4, 0.5) is 0 Å². The van der Waals surface area contributed by atoms with E-state index >= 15 is 0 Å². The number of esters is 1. The van der Waals surface area contributed by atoms with Crippen LogP contribution in [-0.4, -0.2) is 71.5 Å². The van der Waals surface area contributed by atoms with Crippen LogP contribution in [0.25, 0.3) is 0 Å². The molecule has 316 valence electrons. The number of fused-ring (bicyclic) bond motifs is 7. The number of rotatable bonds is 12. The van der Waals surface area contributed by atoms with Gasteiger partial charge in [0.2, 0.25) is 5.91 Å². The van der Waals surface area contributed by atoms with Gasteiger partial charge in [0.1, 0.15) is 11.5 Å². The molecular weight excluding hydrogens is 713 g/mol. The van der Waals surface area contributed by atoms with E-state index < -0.39 is 41.9 Å². The normalized spacial score (nSPS) is 46.1. The van der Waals surface area contributed by atoms with Crippen LogP contribution in [0, 0.1) is 91.7 Å². The fraction of sp³-hybridized carbons (Fsp3) is 0.911. The van der Waals surface area contributed by atoms with Crippen molar-refractivity contribution in [3.63, 3.8) is 0 Å². The Bertz CT molecular complexity index is 1560. The highest BCUT2D eigenvalue weighted by molar-refractivity contribution is 5.84. The number of carbonyl (C=O) groups is 4. The zero-order valence-corrected chi connectivity index (χ0v) is 35.5. The molecule has 1 amide bonds. The Kier molecular flexibility index (Phi) is 10.8. The molecule has 0 aliphatic heterocycles. The van der Waals surface area contributed by atoms with Gasteiger partial charge < -0.3 is 30.2 Å². The lowest BCUT2D eigenvalue weighted by Gasteiger charge is -2.73. The maximum atomic E-state index is 14.5. The summed E-state index contributed by atoms with van der Waals surface area (Å²) in [6.07, 6.45) is 11.9. The summed E-state index contributed by atoms with van der Waals surface area (Å²) in [6.45, 7) is 17.6. The highest BCUT2D eigenvalue weighted by atomic mass is 16.7. The van der Waals surface area contributed by atoms with Gasteiger partial charge in [0.15, 0.2) is 0 Å². The summed E-state index contributed by atoms with van der Waals surface area (Å²) < 4.78 is 6.36. The van der Waals surface area contributed by atoms with Crippen LogP contribution in [0.15, 0.2) is 0 Å². The third kappa shape index (κ3) is 6.19. The Morgan fingerprint density at radius 1 is 0.768 bits per heavy atom. The van der Waals surface area contributed by atoms with E-state index in [1.54, 1.807) is 0 Å². The van der Waals surface area contributed by atoms with E-state index in [1.807, 2.05) is 6.92 Å². The average molecular weight is 785 g/mol. The minimum absolute atomic E-state index is 0.107. The average Bonchev–Trinajstić information content (AvgIpc) is 3.74. The summed E-state index contributed by atoms with van der Waals surface area (Å²) in [6, 6.07) is 0. The van der Waals surface area contributed by atoms with E-state index in [-0.39, 0.29) is 58.0 Å². The molecule has 5 N–H and O–H groups in total. The van der Waals surface area contributed by atoms with Crippen LogP contribution in [0.2, 0.25) is 0 Å². The van der Waals surface area contributed by atoms with Crippen LogP contribution in [0.3, 0.4) is 0 Å². The van der Waals surface area contributed by atoms with Crippen molar-refractivity contribution >= 4 is 23.8 Å². The van der Waals surface area contributed by atoms with Gasteiger partial charge in [-0.25, -0.2) is 4.79 Å². The molecule has 7 saturated carbocycles. The predicted octanol–water partition coefficient (Wildman–Crippen LogP) is 6.15. The zero-order chi connectivity index (χ0) is 40.8. The molecular formula is C45H72N2O9. The predicted molar refractivity (Wildman–Crippen MR) is 209 cm³/mol. The topological polar surface area (TPSA) is 171 Å². The molecule has 0 heterocycles. The van der Waals surface area contributed by atoms with Crippen molar-refractivity contribution in [1.29, 1.82) is 0 Å². The molecule has 11 heteroatoms. The number of nitrogens with one attached hydrogen (secondary N) is 2. The fourth-order valence-electron chi connectivity index (χ4n) is 15.1. The Hall–Kier alpha value is -2.24. The van der Waals surface area contributed by atoms with Crippen molar-refractivity contribution in [2.24, 2.45) is 91.7 Å². The van der Waals surface area contributed by atoms with Crippen molar-refractivity contribution in [2.45, 2.75) is 139 Å². The lowest BCUT2D eigenvalue weighted by atomic mass is 9.32. The minimum Gasteiger partial charge on any atom is -0.481 e. The Morgan fingerprint density at radius 2 is 1.46 bits per heavy atom. The van der Waals surface area contributed by atoms with Gasteiger partial charge in [-0.3, -0.25) is 14.4 Å². The summed E-state index contributed by atoms with van der Waals surface area (Å²) in [5.74, 6) is 1.16. The summed E-state index contributed by atoms with van der Waals surface area (Å²) in [5.41, 5.74) is 1.01. The van der Waals surface area contributed by atoms with E-state index in [0.29, 0.717) is 54.4 Å². The van der Waals surface area contributed by atoms with Gasteiger partial charge in [0.05, 0.1) is 30.5 Å². The summed E-state index contributed by atoms with van der Waals surface area (Å²) in [5, 5.41) is 31.8. The van der Waals surface area contributed by atoms with Gasteiger partial charge in [-0.15, -0.1) is 0 Å². The van der Waals surface area contributed by atoms with Crippen molar-refractivity contribution in [3.8, 4) is 0 Å². The molecule has 11 nitrogen and oxygen atoms in total. The first-order chi connectivity index (χ1) is 26.3. The van der Waals surface area contributed by atoms with Gasteiger partial charge in [-0.1, -0.05) is 48.5 Å². The Labute approximate surface area is 334 Å².